The summed E-state index contributed by atoms with van der Waals surface area (Å²) in [5, 5.41) is 2.99. The predicted octanol–water partition coefficient (Wildman–Crippen LogP) is 3.30. The summed E-state index contributed by atoms with van der Waals surface area (Å²) in [7, 11) is 1.85. The van der Waals surface area contributed by atoms with Gasteiger partial charge in [-0.3, -0.25) is 14.5 Å². The van der Waals surface area contributed by atoms with Crippen molar-refractivity contribution in [1.29, 1.82) is 0 Å². The van der Waals surface area contributed by atoms with Gasteiger partial charge in [0.05, 0.1) is 12.5 Å². The van der Waals surface area contributed by atoms with Crippen molar-refractivity contribution in [2.24, 2.45) is 5.92 Å². The van der Waals surface area contributed by atoms with E-state index in [1.807, 2.05) is 49.5 Å². The molecule has 1 aliphatic rings. The lowest BCUT2D eigenvalue weighted by molar-refractivity contribution is -0.133. The van der Waals surface area contributed by atoms with Gasteiger partial charge in [-0.25, -0.2) is 0 Å². The van der Waals surface area contributed by atoms with Gasteiger partial charge < -0.3 is 10.2 Å². The Balaban J connectivity index is 1.51. The molecule has 0 bridgehead atoms. The maximum Gasteiger partial charge on any atom is 0.236 e. The maximum atomic E-state index is 12.7. The smallest absolute Gasteiger partial charge is 0.236 e. The van der Waals surface area contributed by atoms with Crippen LogP contribution in [-0.4, -0.2) is 48.3 Å². The largest absolute Gasteiger partial charge is 0.340 e. The topological polar surface area (TPSA) is 52.7 Å². The molecule has 2 amide bonds. The van der Waals surface area contributed by atoms with Gasteiger partial charge in [0.25, 0.3) is 0 Å². The van der Waals surface area contributed by atoms with Gasteiger partial charge in [0.1, 0.15) is 0 Å². The second-order valence-corrected chi connectivity index (χ2v) is 7.61. The van der Waals surface area contributed by atoms with Gasteiger partial charge in [-0.2, -0.15) is 0 Å². The number of likely N-dealkylation sites (N-methyl/N-ethyl adjacent to an activating group) is 1. The van der Waals surface area contributed by atoms with Crippen molar-refractivity contribution in [1.82, 2.24) is 9.80 Å². The first-order chi connectivity index (χ1) is 13.5. The third kappa shape index (κ3) is 5.42. The van der Waals surface area contributed by atoms with Crippen molar-refractivity contribution in [2.75, 3.05) is 32.0 Å². The average Bonchev–Trinajstić information content (AvgIpc) is 2.70. The first-order valence-corrected chi connectivity index (χ1v) is 9.89. The van der Waals surface area contributed by atoms with Gasteiger partial charge in [0.2, 0.25) is 11.8 Å². The summed E-state index contributed by atoms with van der Waals surface area (Å²) in [5.74, 6) is 0.0485. The summed E-state index contributed by atoms with van der Waals surface area (Å²) in [5.41, 5.74) is 3.17. The van der Waals surface area contributed by atoms with Crippen LogP contribution in [0, 0.1) is 12.8 Å². The number of hydrogen-bond acceptors (Lipinski definition) is 3. The van der Waals surface area contributed by atoms with Crippen LogP contribution in [0.15, 0.2) is 54.6 Å². The molecule has 0 unspecified atom stereocenters. The third-order valence-corrected chi connectivity index (χ3v) is 5.37. The van der Waals surface area contributed by atoms with Crippen LogP contribution in [0.1, 0.15) is 24.0 Å². The Morgan fingerprint density at radius 1 is 1.11 bits per heavy atom. The van der Waals surface area contributed by atoms with Crippen molar-refractivity contribution >= 4 is 17.5 Å². The number of hydrogen-bond donors (Lipinski definition) is 1. The summed E-state index contributed by atoms with van der Waals surface area (Å²) in [6.07, 6.45) is 1.80. The minimum atomic E-state index is -0.0802. The van der Waals surface area contributed by atoms with E-state index in [2.05, 4.69) is 29.3 Å². The minimum absolute atomic E-state index is 0.0385. The number of carbonyl (C=O) groups is 2. The van der Waals surface area contributed by atoms with Gasteiger partial charge in [0, 0.05) is 25.8 Å². The van der Waals surface area contributed by atoms with Crippen LogP contribution in [0.25, 0.3) is 0 Å². The molecule has 1 saturated heterocycles. The Labute approximate surface area is 167 Å². The SMILES string of the molecule is Cc1ccccc1CN(C)C(=O)CN1CCC[C@@H](C(=O)Nc2ccccc2)C1. The zero-order valence-electron chi connectivity index (χ0n) is 16.7. The molecule has 5 nitrogen and oxygen atoms in total. The molecule has 1 aliphatic heterocycles. The summed E-state index contributed by atoms with van der Waals surface area (Å²) in [6.45, 7) is 4.52. The van der Waals surface area contributed by atoms with Crippen LogP contribution in [0.5, 0.6) is 0 Å². The molecule has 0 aromatic heterocycles. The van der Waals surface area contributed by atoms with Crippen LogP contribution in [0.2, 0.25) is 0 Å². The zero-order chi connectivity index (χ0) is 19.9. The summed E-state index contributed by atoms with van der Waals surface area (Å²) < 4.78 is 0. The van der Waals surface area contributed by atoms with Crippen LogP contribution in [0.4, 0.5) is 5.69 Å². The molecule has 1 fully saturated rings. The normalized spacial score (nSPS) is 17.1. The first kappa shape index (κ1) is 20.1. The average molecular weight is 380 g/mol. The van der Waals surface area contributed by atoms with E-state index in [-0.39, 0.29) is 17.7 Å². The lowest BCUT2D eigenvalue weighted by atomic mass is 9.97. The third-order valence-electron chi connectivity index (χ3n) is 5.37. The second kappa shape index (κ2) is 9.51. The van der Waals surface area contributed by atoms with E-state index >= 15 is 0 Å². The standard InChI is InChI=1S/C23H29N3O2/c1-18-9-6-7-10-19(18)15-25(2)22(27)17-26-14-8-11-20(16-26)23(28)24-21-12-4-3-5-13-21/h3-7,9-10,12-13,20H,8,11,14-17H2,1-2H3,(H,24,28)/t20-/m1/s1. The van der Waals surface area contributed by atoms with Crippen molar-refractivity contribution in [2.45, 2.75) is 26.3 Å². The Morgan fingerprint density at radius 3 is 2.57 bits per heavy atom. The lowest BCUT2D eigenvalue weighted by Gasteiger charge is -2.32. The van der Waals surface area contributed by atoms with E-state index in [1.54, 1.807) is 4.90 Å². The van der Waals surface area contributed by atoms with Crippen LogP contribution in [-0.2, 0) is 16.1 Å². The number of benzene rings is 2. The maximum absolute atomic E-state index is 12.7. The highest BCUT2D eigenvalue weighted by Crippen LogP contribution is 2.19. The van der Waals surface area contributed by atoms with Crippen molar-refractivity contribution < 1.29 is 9.59 Å². The van der Waals surface area contributed by atoms with E-state index in [1.165, 1.54) is 5.56 Å². The number of carbonyl (C=O) groups excluding carboxylic acids is 2. The van der Waals surface area contributed by atoms with Crippen molar-refractivity contribution in [3.8, 4) is 0 Å². The molecule has 0 spiro atoms. The van der Waals surface area contributed by atoms with Crippen molar-refractivity contribution in [3.05, 3.63) is 65.7 Å². The molecule has 0 aliphatic carbocycles. The van der Waals surface area contributed by atoms with Crippen LogP contribution >= 0.6 is 0 Å². The van der Waals surface area contributed by atoms with Gasteiger partial charge in [-0.15, -0.1) is 0 Å². The fourth-order valence-corrected chi connectivity index (χ4v) is 3.62. The Bertz CT molecular complexity index is 807. The fourth-order valence-electron chi connectivity index (χ4n) is 3.62. The molecule has 28 heavy (non-hydrogen) atoms. The molecule has 1 heterocycles. The number of amides is 2. The Hall–Kier alpha value is -2.66. The highest BCUT2D eigenvalue weighted by Gasteiger charge is 2.27. The molecule has 0 radical (unpaired) electrons. The monoisotopic (exact) mass is 379 g/mol. The number of piperidine rings is 1. The Kier molecular flexibility index (Phi) is 6.82. The fraction of sp³-hybridized carbons (Fsp3) is 0.391. The Morgan fingerprint density at radius 2 is 1.82 bits per heavy atom. The summed E-state index contributed by atoms with van der Waals surface area (Å²) in [6, 6.07) is 17.7. The molecule has 0 saturated carbocycles. The highest BCUT2D eigenvalue weighted by atomic mass is 16.2. The summed E-state index contributed by atoms with van der Waals surface area (Å²) in [4.78, 5) is 29.1. The highest BCUT2D eigenvalue weighted by molar-refractivity contribution is 5.92. The molecule has 2 aromatic rings. The number of nitrogens with one attached hydrogen (secondary N) is 1. The molecule has 148 valence electrons. The zero-order valence-corrected chi connectivity index (χ0v) is 16.7. The van der Waals surface area contributed by atoms with E-state index in [9.17, 15) is 9.59 Å². The minimum Gasteiger partial charge on any atom is -0.340 e. The van der Waals surface area contributed by atoms with E-state index in [4.69, 9.17) is 0 Å². The van der Waals surface area contributed by atoms with E-state index in [0.29, 0.717) is 19.6 Å². The van der Waals surface area contributed by atoms with Crippen molar-refractivity contribution in [3.63, 3.8) is 0 Å². The molecule has 1 N–H and O–H groups in total. The molecular weight excluding hydrogens is 350 g/mol. The number of rotatable bonds is 6. The number of nitrogens with zero attached hydrogens (tertiary/aromatic N) is 2. The molecular formula is C23H29N3O2. The molecule has 1 atom stereocenters. The molecule has 2 aromatic carbocycles. The summed E-state index contributed by atoms with van der Waals surface area (Å²) >= 11 is 0. The molecule has 3 rings (SSSR count). The lowest BCUT2D eigenvalue weighted by Crippen LogP contribution is -2.45. The van der Waals surface area contributed by atoms with Crippen LogP contribution in [0.3, 0.4) is 0 Å². The van der Waals surface area contributed by atoms with Gasteiger partial charge >= 0.3 is 0 Å². The number of para-hydroxylation sites is 1. The first-order valence-electron chi connectivity index (χ1n) is 9.89. The molecule has 5 heteroatoms. The van der Waals surface area contributed by atoms with E-state index in [0.717, 1.165) is 30.6 Å². The predicted molar refractivity (Wildman–Crippen MR) is 112 cm³/mol. The van der Waals surface area contributed by atoms with Gasteiger partial charge in [0.15, 0.2) is 0 Å². The van der Waals surface area contributed by atoms with E-state index < -0.39 is 0 Å². The van der Waals surface area contributed by atoms with Gasteiger partial charge in [-0.05, 0) is 49.6 Å². The number of aryl methyl sites for hydroxylation is 1. The van der Waals surface area contributed by atoms with Gasteiger partial charge in [-0.1, -0.05) is 42.5 Å². The van der Waals surface area contributed by atoms with Crippen LogP contribution < -0.4 is 5.32 Å². The second-order valence-electron chi connectivity index (χ2n) is 7.61. The number of likely N-dealkylation sites (tertiary alicyclic amines) is 1. The number of anilines is 1. The quantitative estimate of drug-likeness (QED) is 0.838.